The van der Waals surface area contributed by atoms with Gasteiger partial charge in [-0.3, -0.25) is 9.80 Å². The van der Waals surface area contributed by atoms with E-state index in [0.29, 0.717) is 0 Å². The number of ether oxygens (including phenoxy) is 2. The number of carbonyl (C=O) groups is 4. The Morgan fingerprint density at radius 1 is 0.519 bits per heavy atom. The zero-order chi connectivity index (χ0) is 36.5. The number of hydrogen-bond acceptors (Lipinski definition) is 8. The number of nitrogens with zero attached hydrogens (tertiary/aromatic N) is 2. The van der Waals surface area contributed by atoms with Crippen LogP contribution >= 0.6 is 0 Å². The molecule has 4 aromatic carbocycles. The van der Waals surface area contributed by atoms with Crippen LogP contribution in [-0.4, -0.2) is 105 Å². The van der Waals surface area contributed by atoms with Crippen molar-refractivity contribution in [2.45, 2.75) is 49.0 Å². The topological polar surface area (TPSA) is 174 Å². The van der Waals surface area contributed by atoms with E-state index in [1.165, 1.54) is 0 Å². The van der Waals surface area contributed by atoms with Crippen molar-refractivity contribution in [1.29, 1.82) is 0 Å². The summed E-state index contributed by atoms with van der Waals surface area (Å²) >= 11 is 0. The van der Waals surface area contributed by atoms with E-state index < -0.39 is 48.4 Å². The van der Waals surface area contributed by atoms with E-state index >= 15 is 0 Å². The Morgan fingerprint density at radius 3 is 1.10 bits per heavy atom. The number of benzene rings is 4. The van der Waals surface area contributed by atoms with Crippen molar-refractivity contribution in [3.63, 3.8) is 0 Å². The molecule has 0 unspecified atom stereocenters. The Labute approximate surface area is 299 Å². The van der Waals surface area contributed by atoms with Crippen molar-refractivity contribution in [1.82, 2.24) is 9.80 Å². The monoisotopic (exact) mass is 706 g/mol. The SMILES string of the molecule is O=C(O)[C@H]1C[C@H](O)CN1C(=O)OCC1c2ccccc2-c2ccccc21.O=C(O)[C@H]1C[C@H](O)CN1C(=O)OCC1c2ccccc2-c2ccccc21. The molecular formula is C40H38N2O10. The van der Waals surface area contributed by atoms with Crippen molar-refractivity contribution >= 4 is 24.1 Å². The highest BCUT2D eigenvalue weighted by atomic mass is 16.6. The zero-order valence-electron chi connectivity index (χ0n) is 28.1. The third-order valence-electron chi connectivity index (χ3n) is 10.3. The summed E-state index contributed by atoms with van der Waals surface area (Å²) in [6.45, 7) is 0.221. The molecule has 4 N–H and O–H groups in total. The summed E-state index contributed by atoms with van der Waals surface area (Å²) in [7, 11) is 0. The molecule has 2 aliphatic heterocycles. The van der Waals surface area contributed by atoms with Gasteiger partial charge in [0.25, 0.3) is 0 Å². The fourth-order valence-corrected chi connectivity index (χ4v) is 7.85. The molecule has 2 saturated heterocycles. The normalized spacial score (nSPS) is 21.3. The molecule has 0 bridgehead atoms. The standard InChI is InChI=1S/2C20H19NO5/c2*22-12-9-18(19(23)24)21(10-12)20(25)26-11-17-15-7-3-1-5-13(15)14-6-2-4-8-16(14)17/h2*1-8,12,17-18,22H,9-11H2,(H,23,24)/t2*12-,18+/m00/s1. The maximum absolute atomic E-state index is 12.4. The second-order valence-electron chi connectivity index (χ2n) is 13.4. The Kier molecular flexibility index (Phi) is 9.67. The van der Waals surface area contributed by atoms with Gasteiger partial charge in [0.15, 0.2) is 0 Å². The van der Waals surface area contributed by atoms with E-state index in [1.807, 2.05) is 97.1 Å². The number of carboxylic acid groups (broad SMARTS) is 2. The number of amides is 2. The summed E-state index contributed by atoms with van der Waals surface area (Å²) in [6, 6.07) is 29.9. The van der Waals surface area contributed by atoms with Crippen LogP contribution in [0.25, 0.3) is 22.3 Å². The fourth-order valence-electron chi connectivity index (χ4n) is 7.85. The molecule has 268 valence electrons. The maximum Gasteiger partial charge on any atom is 0.410 e. The van der Waals surface area contributed by atoms with Crippen molar-refractivity contribution in [2.75, 3.05) is 26.3 Å². The van der Waals surface area contributed by atoms with Crippen molar-refractivity contribution in [2.24, 2.45) is 0 Å². The van der Waals surface area contributed by atoms with E-state index in [-0.39, 0.29) is 51.0 Å². The van der Waals surface area contributed by atoms with E-state index in [1.54, 1.807) is 0 Å². The van der Waals surface area contributed by atoms with Gasteiger partial charge in [0, 0.05) is 24.7 Å². The number of aliphatic carboxylic acids is 2. The molecule has 12 nitrogen and oxygen atoms in total. The molecule has 52 heavy (non-hydrogen) atoms. The number of β-amino-alcohol motifs (C(OH)–C–C–N with tert-alkyl or cyclic N) is 2. The molecule has 0 spiro atoms. The van der Waals surface area contributed by atoms with Gasteiger partial charge in [-0.1, -0.05) is 97.1 Å². The first-order valence-corrected chi connectivity index (χ1v) is 17.2. The highest BCUT2D eigenvalue weighted by molar-refractivity contribution is 5.83. The quantitative estimate of drug-likeness (QED) is 0.216. The smallest absolute Gasteiger partial charge is 0.410 e. The second kappa shape index (κ2) is 14.5. The van der Waals surface area contributed by atoms with E-state index in [2.05, 4.69) is 0 Å². The van der Waals surface area contributed by atoms with Gasteiger partial charge < -0.3 is 29.9 Å². The van der Waals surface area contributed by atoms with Crippen LogP contribution in [0.5, 0.6) is 0 Å². The van der Waals surface area contributed by atoms with Gasteiger partial charge >= 0.3 is 24.1 Å². The van der Waals surface area contributed by atoms with E-state index in [9.17, 15) is 39.6 Å². The van der Waals surface area contributed by atoms with Gasteiger partial charge in [0.05, 0.1) is 25.3 Å². The first kappa shape index (κ1) is 34.7. The highest BCUT2D eigenvalue weighted by Gasteiger charge is 2.42. The molecular weight excluding hydrogens is 668 g/mol. The predicted octanol–water partition coefficient (Wildman–Crippen LogP) is 4.91. The predicted molar refractivity (Wildman–Crippen MR) is 188 cm³/mol. The van der Waals surface area contributed by atoms with Crippen LogP contribution in [0.4, 0.5) is 9.59 Å². The van der Waals surface area contributed by atoms with Crippen molar-refractivity contribution in [3.8, 4) is 22.3 Å². The maximum atomic E-state index is 12.4. The van der Waals surface area contributed by atoms with Gasteiger partial charge in [-0.25, -0.2) is 19.2 Å². The lowest BCUT2D eigenvalue weighted by Crippen LogP contribution is -2.41. The first-order chi connectivity index (χ1) is 25.1. The molecule has 2 heterocycles. The van der Waals surface area contributed by atoms with Gasteiger partial charge in [-0.15, -0.1) is 0 Å². The molecule has 12 heteroatoms. The van der Waals surface area contributed by atoms with Crippen LogP contribution in [0.15, 0.2) is 97.1 Å². The molecule has 0 aromatic heterocycles. The van der Waals surface area contributed by atoms with Gasteiger partial charge in [-0.2, -0.15) is 0 Å². The highest BCUT2D eigenvalue weighted by Crippen LogP contribution is 2.46. The Bertz CT molecular complexity index is 1780. The van der Waals surface area contributed by atoms with Crippen LogP contribution in [0.2, 0.25) is 0 Å². The Balaban J connectivity index is 0.000000162. The lowest BCUT2D eigenvalue weighted by atomic mass is 9.98. The summed E-state index contributed by atoms with van der Waals surface area (Å²) in [5.74, 6) is -2.42. The number of carbonyl (C=O) groups excluding carboxylic acids is 2. The third-order valence-corrected chi connectivity index (χ3v) is 10.3. The van der Waals surface area contributed by atoms with E-state index in [0.717, 1.165) is 54.3 Å². The van der Waals surface area contributed by atoms with Gasteiger partial charge in [-0.05, 0) is 44.5 Å². The number of aliphatic hydroxyl groups excluding tert-OH is 2. The largest absolute Gasteiger partial charge is 0.480 e. The molecule has 2 amide bonds. The van der Waals surface area contributed by atoms with Crippen molar-refractivity contribution in [3.05, 3.63) is 119 Å². The summed E-state index contributed by atoms with van der Waals surface area (Å²) in [5, 5.41) is 37.8. The minimum Gasteiger partial charge on any atom is -0.480 e. The number of carboxylic acids is 2. The third kappa shape index (κ3) is 6.58. The summed E-state index contributed by atoms with van der Waals surface area (Å²) < 4.78 is 10.9. The molecule has 8 rings (SSSR count). The number of fused-ring (bicyclic) bond motifs is 6. The van der Waals surface area contributed by atoms with Gasteiger partial charge in [0.1, 0.15) is 25.3 Å². The molecule has 0 radical (unpaired) electrons. The summed E-state index contributed by atoms with van der Waals surface area (Å²) in [5.41, 5.74) is 8.90. The molecule has 4 aromatic rings. The van der Waals surface area contributed by atoms with Crippen LogP contribution in [0, 0.1) is 0 Å². The fraction of sp³-hybridized carbons (Fsp3) is 0.300. The number of hydrogen-bond donors (Lipinski definition) is 4. The average molecular weight is 707 g/mol. The summed E-state index contributed by atoms with van der Waals surface area (Å²) in [4.78, 5) is 49.6. The minimum absolute atomic E-state index is 0.0202. The molecule has 2 aliphatic carbocycles. The van der Waals surface area contributed by atoms with E-state index in [4.69, 9.17) is 9.47 Å². The Hall–Kier alpha value is -5.72. The Morgan fingerprint density at radius 2 is 0.808 bits per heavy atom. The van der Waals surface area contributed by atoms with Crippen LogP contribution < -0.4 is 0 Å². The van der Waals surface area contributed by atoms with Crippen molar-refractivity contribution < 1.29 is 49.1 Å². The van der Waals surface area contributed by atoms with Crippen LogP contribution in [0.1, 0.15) is 46.9 Å². The van der Waals surface area contributed by atoms with Crippen LogP contribution in [0.3, 0.4) is 0 Å². The summed E-state index contributed by atoms with van der Waals surface area (Å²) in [6.07, 6.45) is -3.02. The number of likely N-dealkylation sites (tertiary alicyclic amines) is 2. The number of aliphatic hydroxyl groups is 2. The second-order valence-corrected chi connectivity index (χ2v) is 13.4. The first-order valence-electron chi connectivity index (χ1n) is 17.2. The number of rotatable bonds is 6. The molecule has 2 fully saturated rings. The zero-order valence-corrected chi connectivity index (χ0v) is 28.1. The lowest BCUT2D eigenvalue weighted by molar-refractivity contribution is -0.142. The molecule has 0 saturated carbocycles. The lowest BCUT2D eigenvalue weighted by Gasteiger charge is -2.22. The van der Waals surface area contributed by atoms with Gasteiger partial charge in [0.2, 0.25) is 0 Å². The average Bonchev–Trinajstić information content (AvgIpc) is 3.91. The molecule has 4 aliphatic rings. The molecule has 4 atom stereocenters. The minimum atomic E-state index is -1.13. The van der Waals surface area contributed by atoms with Crippen LogP contribution in [-0.2, 0) is 19.1 Å².